The molecular weight excluding hydrogens is 242 g/mol. The summed E-state index contributed by atoms with van der Waals surface area (Å²) in [5, 5.41) is 4.34. The van der Waals surface area contributed by atoms with Gasteiger partial charge in [-0.2, -0.15) is 5.10 Å². The fourth-order valence-corrected chi connectivity index (χ4v) is 2.12. The van der Waals surface area contributed by atoms with E-state index >= 15 is 0 Å². The molecule has 0 bridgehead atoms. The van der Waals surface area contributed by atoms with E-state index in [0.717, 1.165) is 11.4 Å². The molecule has 0 saturated carbocycles. The number of nitrogens with zero attached hydrogens (tertiary/aromatic N) is 3. The van der Waals surface area contributed by atoms with Gasteiger partial charge in [-0.25, -0.2) is 4.68 Å². The predicted octanol–water partition coefficient (Wildman–Crippen LogP) is 3.39. The second-order valence-electron chi connectivity index (χ2n) is 3.87. The molecule has 0 amide bonds. The van der Waals surface area contributed by atoms with Crippen LogP contribution in [0, 0.1) is 4.77 Å². The third kappa shape index (κ3) is 1.87. The number of para-hydroxylation sites is 2. The van der Waals surface area contributed by atoms with Gasteiger partial charge in [-0.3, -0.25) is 4.57 Å². The van der Waals surface area contributed by atoms with E-state index in [1.54, 1.807) is 11.0 Å². The monoisotopic (exact) mass is 253 g/mol. The zero-order valence-electron chi connectivity index (χ0n) is 9.60. The molecule has 0 aliphatic carbocycles. The van der Waals surface area contributed by atoms with Crippen molar-refractivity contribution in [2.75, 3.05) is 0 Å². The summed E-state index contributed by atoms with van der Waals surface area (Å²) < 4.78 is 4.30. The molecule has 0 radical (unpaired) electrons. The molecule has 3 nitrogen and oxygen atoms in total. The van der Waals surface area contributed by atoms with E-state index in [0.29, 0.717) is 4.77 Å². The number of aromatic nitrogens is 3. The second kappa shape index (κ2) is 4.58. The highest BCUT2D eigenvalue weighted by molar-refractivity contribution is 7.71. The lowest BCUT2D eigenvalue weighted by atomic mass is 10.3. The zero-order valence-corrected chi connectivity index (χ0v) is 10.4. The van der Waals surface area contributed by atoms with Gasteiger partial charge >= 0.3 is 0 Å². The summed E-state index contributed by atoms with van der Waals surface area (Å²) in [5.74, 6) is 0. The molecule has 0 atom stereocenters. The Morgan fingerprint density at radius 3 is 1.94 bits per heavy atom. The molecule has 3 rings (SSSR count). The first kappa shape index (κ1) is 10.9. The lowest BCUT2D eigenvalue weighted by Crippen LogP contribution is -1.98. The molecule has 18 heavy (non-hydrogen) atoms. The van der Waals surface area contributed by atoms with Gasteiger partial charge in [-0.1, -0.05) is 36.4 Å². The van der Waals surface area contributed by atoms with E-state index in [1.807, 2.05) is 65.2 Å². The van der Waals surface area contributed by atoms with E-state index < -0.39 is 0 Å². The van der Waals surface area contributed by atoms with Gasteiger partial charge in [0, 0.05) is 5.69 Å². The molecule has 0 spiro atoms. The maximum absolute atomic E-state index is 5.45. The first-order valence-corrected chi connectivity index (χ1v) is 6.04. The summed E-state index contributed by atoms with van der Waals surface area (Å²) in [4.78, 5) is 0. The smallest absolute Gasteiger partial charge is 0.207 e. The Labute approximate surface area is 110 Å². The standard InChI is InChI=1S/C14H11N3S/c18-14-16(12-7-3-1-4-8-12)11-15-17(14)13-9-5-2-6-10-13/h1-11H. The van der Waals surface area contributed by atoms with E-state index in [2.05, 4.69) is 5.10 Å². The van der Waals surface area contributed by atoms with Crippen LogP contribution in [0.2, 0.25) is 0 Å². The average molecular weight is 253 g/mol. The average Bonchev–Trinajstić information content (AvgIpc) is 2.83. The molecule has 1 aromatic heterocycles. The molecule has 0 saturated heterocycles. The van der Waals surface area contributed by atoms with E-state index in [-0.39, 0.29) is 0 Å². The van der Waals surface area contributed by atoms with Crippen LogP contribution in [-0.2, 0) is 0 Å². The van der Waals surface area contributed by atoms with Crippen LogP contribution < -0.4 is 0 Å². The SMILES string of the molecule is S=c1n(-c2ccccc2)cnn1-c1ccccc1. The molecule has 88 valence electrons. The lowest BCUT2D eigenvalue weighted by Gasteiger charge is -2.02. The Balaban J connectivity index is 2.12. The van der Waals surface area contributed by atoms with Crippen LogP contribution in [0.4, 0.5) is 0 Å². The molecular formula is C14H11N3S. The first-order valence-electron chi connectivity index (χ1n) is 5.64. The van der Waals surface area contributed by atoms with Crippen molar-refractivity contribution in [3.8, 4) is 11.4 Å². The minimum atomic E-state index is 0.660. The van der Waals surface area contributed by atoms with Gasteiger partial charge in [-0.05, 0) is 36.5 Å². The minimum absolute atomic E-state index is 0.660. The normalized spacial score (nSPS) is 10.4. The minimum Gasteiger partial charge on any atom is -0.274 e. The van der Waals surface area contributed by atoms with Crippen LogP contribution in [0.1, 0.15) is 0 Å². The highest BCUT2D eigenvalue weighted by Crippen LogP contribution is 2.11. The Morgan fingerprint density at radius 2 is 1.33 bits per heavy atom. The Morgan fingerprint density at radius 1 is 0.778 bits per heavy atom. The van der Waals surface area contributed by atoms with Crippen molar-refractivity contribution in [2.45, 2.75) is 0 Å². The molecule has 2 aromatic carbocycles. The summed E-state index contributed by atoms with van der Waals surface area (Å²) in [6.45, 7) is 0. The van der Waals surface area contributed by atoms with Gasteiger partial charge in [0.2, 0.25) is 4.77 Å². The highest BCUT2D eigenvalue weighted by atomic mass is 32.1. The van der Waals surface area contributed by atoms with Gasteiger partial charge < -0.3 is 0 Å². The molecule has 3 aromatic rings. The van der Waals surface area contributed by atoms with Crippen LogP contribution in [0.5, 0.6) is 0 Å². The van der Waals surface area contributed by atoms with E-state index in [4.69, 9.17) is 12.2 Å². The van der Waals surface area contributed by atoms with Gasteiger partial charge in [0.15, 0.2) is 0 Å². The summed E-state index contributed by atoms with van der Waals surface area (Å²) in [6, 6.07) is 19.8. The second-order valence-corrected chi connectivity index (χ2v) is 4.23. The van der Waals surface area contributed by atoms with E-state index in [1.165, 1.54) is 0 Å². The maximum Gasteiger partial charge on any atom is 0.207 e. The Kier molecular flexibility index (Phi) is 2.78. The first-order chi connectivity index (χ1) is 8.86. The summed E-state index contributed by atoms with van der Waals surface area (Å²) in [7, 11) is 0. The summed E-state index contributed by atoms with van der Waals surface area (Å²) in [5.41, 5.74) is 1.99. The van der Waals surface area contributed by atoms with Gasteiger partial charge in [0.05, 0.1) is 5.69 Å². The van der Waals surface area contributed by atoms with Gasteiger partial charge in [-0.15, -0.1) is 0 Å². The van der Waals surface area contributed by atoms with Crippen LogP contribution in [0.3, 0.4) is 0 Å². The zero-order chi connectivity index (χ0) is 12.4. The number of hydrogen-bond donors (Lipinski definition) is 0. The maximum atomic E-state index is 5.45. The van der Waals surface area contributed by atoms with Crippen molar-refractivity contribution in [2.24, 2.45) is 0 Å². The van der Waals surface area contributed by atoms with Crippen molar-refractivity contribution in [1.29, 1.82) is 0 Å². The fraction of sp³-hybridized carbons (Fsp3) is 0. The number of benzene rings is 2. The summed E-state index contributed by atoms with van der Waals surface area (Å²) >= 11 is 5.45. The van der Waals surface area contributed by atoms with Crippen molar-refractivity contribution >= 4 is 12.2 Å². The molecule has 0 fully saturated rings. The molecule has 1 heterocycles. The predicted molar refractivity (Wildman–Crippen MR) is 73.7 cm³/mol. The quantitative estimate of drug-likeness (QED) is 0.653. The Bertz CT molecular complexity index is 639. The third-order valence-electron chi connectivity index (χ3n) is 2.70. The van der Waals surface area contributed by atoms with Crippen LogP contribution in [0.15, 0.2) is 67.0 Å². The number of hydrogen-bond acceptors (Lipinski definition) is 2. The lowest BCUT2D eigenvalue weighted by molar-refractivity contribution is 0.859. The molecule has 4 heteroatoms. The van der Waals surface area contributed by atoms with Gasteiger partial charge in [0.25, 0.3) is 0 Å². The molecule has 0 aliphatic heterocycles. The topological polar surface area (TPSA) is 22.8 Å². The van der Waals surface area contributed by atoms with Crippen molar-refractivity contribution in [3.05, 3.63) is 71.8 Å². The van der Waals surface area contributed by atoms with Gasteiger partial charge in [0.1, 0.15) is 6.33 Å². The molecule has 0 unspecified atom stereocenters. The van der Waals surface area contributed by atoms with E-state index in [9.17, 15) is 0 Å². The fourth-order valence-electron chi connectivity index (χ4n) is 1.82. The molecule has 0 aliphatic rings. The Hall–Kier alpha value is -2.20. The molecule has 0 N–H and O–H groups in total. The van der Waals surface area contributed by atoms with Crippen LogP contribution in [0.25, 0.3) is 11.4 Å². The summed E-state index contributed by atoms with van der Waals surface area (Å²) in [6.07, 6.45) is 1.74. The highest BCUT2D eigenvalue weighted by Gasteiger charge is 2.04. The largest absolute Gasteiger partial charge is 0.274 e. The van der Waals surface area contributed by atoms with Crippen molar-refractivity contribution in [1.82, 2.24) is 14.3 Å². The third-order valence-corrected chi connectivity index (χ3v) is 3.07. The van der Waals surface area contributed by atoms with Crippen molar-refractivity contribution in [3.63, 3.8) is 0 Å². The number of rotatable bonds is 2. The van der Waals surface area contributed by atoms with Crippen LogP contribution in [-0.4, -0.2) is 14.3 Å². The van der Waals surface area contributed by atoms with Crippen molar-refractivity contribution < 1.29 is 0 Å². The van der Waals surface area contributed by atoms with Crippen LogP contribution >= 0.6 is 12.2 Å².